The molecule has 38 heavy (non-hydrogen) atoms. The Hall–Kier alpha value is -4.45. The van der Waals surface area contributed by atoms with Crippen molar-refractivity contribution in [2.45, 2.75) is 6.18 Å². The summed E-state index contributed by atoms with van der Waals surface area (Å²) in [5, 5.41) is 13.6. The number of nitrogens with zero attached hydrogens (tertiary/aromatic N) is 5. The van der Waals surface area contributed by atoms with E-state index in [4.69, 9.17) is 4.74 Å². The van der Waals surface area contributed by atoms with E-state index < -0.39 is 17.6 Å². The third-order valence-corrected chi connectivity index (χ3v) is 6.16. The lowest BCUT2D eigenvalue weighted by molar-refractivity contribution is -0.137. The van der Waals surface area contributed by atoms with E-state index in [0.29, 0.717) is 37.7 Å². The minimum atomic E-state index is -4.55. The van der Waals surface area contributed by atoms with Gasteiger partial charge in [0.1, 0.15) is 0 Å². The Bertz CT molecular complexity index is 1410. The summed E-state index contributed by atoms with van der Waals surface area (Å²) in [6.07, 6.45) is -1.57. The van der Waals surface area contributed by atoms with Crippen molar-refractivity contribution >= 4 is 17.3 Å². The van der Waals surface area contributed by atoms with Crippen LogP contribution >= 0.6 is 0 Å². The molecule has 1 fully saturated rings. The Labute approximate surface area is 216 Å². The summed E-state index contributed by atoms with van der Waals surface area (Å²) in [4.78, 5) is 18.6. The Kier molecular flexibility index (Phi) is 6.97. The summed E-state index contributed by atoms with van der Waals surface area (Å²) < 4.78 is 47.9. The predicted molar refractivity (Wildman–Crippen MR) is 136 cm³/mol. The average molecular weight is 524 g/mol. The maximum Gasteiger partial charge on any atom is 0.418 e. The molecule has 0 bridgehead atoms. The van der Waals surface area contributed by atoms with E-state index in [1.165, 1.54) is 18.3 Å². The number of carbonyl (C=O) groups excluding carboxylic acids is 1. The van der Waals surface area contributed by atoms with E-state index >= 15 is 0 Å². The molecule has 0 unspecified atom stereocenters. The van der Waals surface area contributed by atoms with Crippen molar-refractivity contribution in [3.8, 4) is 22.7 Å². The summed E-state index contributed by atoms with van der Waals surface area (Å²) in [6.45, 7) is 2.19. The van der Waals surface area contributed by atoms with Gasteiger partial charge in [-0.1, -0.05) is 17.3 Å². The van der Waals surface area contributed by atoms with Gasteiger partial charge in [-0.3, -0.25) is 4.79 Å². The van der Waals surface area contributed by atoms with Crippen molar-refractivity contribution in [1.82, 2.24) is 25.3 Å². The van der Waals surface area contributed by atoms with Crippen LogP contribution in [0.1, 0.15) is 16.1 Å². The molecule has 0 radical (unpaired) electrons. The molecule has 1 aliphatic heterocycles. The summed E-state index contributed by atoms with van der Waals surface area (Å²) in [6, 6.07) is 14.7. The van der Waals surface area contributed by atoms with E-state index in [-0.39, 0.29) is 17.1 Å². The third kappa shape index (κ3) is 5.44. The fourth-order valence-electron chi connectivity index (χ4n) is 4.18. The van der Waals surface area contributed by atoms with Crippen LogP contribution in [0, 0.1) is 0 Å². The van der Waals surface area contributed by atoms with E-state index in [1.54, 1.807) is 36.4 Å². The molecule has 1 amide bonds. The molecule has 5 rings (SSSR count). The van der Waals surface area contributed by atoms with Gasteiger partial charge in [0, 0.05) is 55.4 Å². The van der Waals surface area contributed by atoms with Crippen LogP contribution in [0.2, 0.25) is 0 Å². The van der Waals surface area contributed by atoms with Gasteiger partial charge < -0.3 is 20.3 Å². The highest BCUT2D eigenvalue weighted by Gasteiger charge is 2.35. The number of amides is 1. The molecule has 2 aromatic heterocycles. The molecule has 9 nitrogen and oxygen atoms in total. The summed E-state index contributed by atoms with van der Waals surface area (Å²) in [5.74, 6) is -0.0283. The quantitative estimate of drug-likeness (QED) is 0.394. The molecule has 1 aliphatic rings. The van der Waals surface area contributed by atoms with E-state index in [2.05, 4.69) is 25.9 Å². The van der Waals surface area contributed by atoms with Crippen molar-refractivity contribution in [2.24, 2.45) is 0 Å². The SMILES string of the molecule is COc1ccc(-c2ccc(NC(=O)c3cn(-c4ccc(N5CCNCC5)c(C(F)(F)F)c4)nn3)cc2)cn1. The Morgan fingerprint density at radius 1 is 1.03 bits per heavy atom. The fourth-order valence-corrected chi connectivity index (χ4v) is 4.18. The van der Waals surface area contributed by atoms with Gasteiger partial charge in [0.05, 0.1) is 24.6 Å². The van der Waals surface area contributed by atoms with Crippen LogP contribution in [0.15, 0.2) is 67.0 Å². The van der Waals surface area contributed by atoms with Gasteiger partial charge in [0.15, 0.2) is 5.69 Å². The Morgan fingerprint density at radius 3 is 2.42 bits per heavy atom. The molecular formula is C26H24F3N7O2. The molecule has 12 heteroatoms. The predicted octanol–water partition coefficient (Wildman–Crippen LogP) is 4.02. The summed E-state index contributed by atoms with van der Waals surface area (Å²) in [5.41, 5.74) is 1.78. The number of rotatable bonds is 6. The van der Waals surface area contributed by atoms with Crippen molar-refractivity contribution in [2.75, 3.05) is 43.5 Å². The number of piperazine rings is 1. The highest BCUT2D eigenvalue weighted by Crippen LogP contribution is 2.38. The number of pyridine rings is 1. The smallest absolute Gasteiger partial charge is 0.418 e. The van der Waals surface area contributed by atoms with Crippen LogP contribution in [0.25, 0.3) is 16.8 Å². The molecule has 0 spiro atoms. The standard InChI is InChI=1S/C26H24F3N7O2/c1-38-24-9-4-18(15-31-24)17-2-5-19(6-3-17)32-25(37)22-16-36(34-33-22)20-7-8-23(21(14-20)26(27,28)29)35-12-10-30-11-13-35/h2-9,14-16,30H,10-13H2,1H3,(H,32,37). The number of hydrogen-bond acceptors (Lipinski definition) is 7. The molecule has 0 aliphatic carbocycles. The monoisotopic (exact) mass is 523 g/mol. The molecule has 2 aromatic carbocycles. The van der Waals surface area contributed by atoms with Crippen molar-refractivity contribution < 1.29 is 22.7 Å². The lowest BCUT2D eigenvalue weighted by Gasteiger charge is -2.31. The average Bonchev–Trinajstić information content (AvgIpc) is 3.44. The fraction of sp³-hybridized carbons (Fsp3) is 0.231. The zero-order valence-electron chi connectivity index (χ0n) is 20.4. The van der Waals surface area contributed by atoms with E-state index in [0.717, 1.165) is 21.9 Å². The van der Waals surface area contributed by atoms with Crippen LogP contribution in [0.4, 0.5) is 24.5 Å². The normalized spacial score (nSPS) is 13.8. The first-order valence-electron chi connectivity index (χ1n) is 11.8. The molecule has 0 atom stereocenters. The first-order valence-corrected chi connectivity index (χ1v) is 11.8. The highest BCUT2D eigenvalue weighted by molar-refractivity contribution is 6.02. The third-order valence-electron chi connectivity index (χ3n) is 6.16. The first kappa shape index (κ1) is 25.2. The molecule has 2 N–H and O–H groups in total. The number of methoxy groups -OCH3 is 1. The number of carbonyl (C=O) groups is 1. The van der Waals surface area contributed by atoms with Gasteiger partial charge in [-0.05, 0) is 42.0 Å². The lowest BCUT2D eigenvalue weighted by atomic mass is 10.1. The molecule has 4 aromatic rings. The number of nitrogens with one attached hydrogen (secondary N) is 2. The van der Waals surface area contributed by atoms with Crippen LogP contribution < -0.4 is 20.3 Å². The van der Waals surface area contributed by atoms with Crippen LogP contribution in [-0.2, 0) is 6.18 Å². The van der Waals surface area contributed by atoms with Gasteiger partial charge in [0.2, 0.25) is 5.88 Å². The van der Waals surface area contributed by atoms with Gasteiger partial charge in [-0.15, -0.1) is 5.10 Å². The van der Waals surface area contributed by atoms with Gasteiger partial charge >= 0.3 is 6.18 Å². The minimum Gasteiger partial charge on any atom is -0.481 e. The first-order chi connectivity index (χ1) is 18.3. The summed E-state index contributed by atoms with van der Waals surface area (Å²) in [7, 11) is 1.54. The zero-order valence-corrected chi connectivity index (χ0v) is 20.4. The second-order valence-corrected chi connectivity index (χ2v) is 8.61. The molecule has 196 valence electrons. The zero-order chi connectivity index (χ0) is 26.7. The number of alkyl halides is 3. The van der Waals surface area contributed by atoms with Crippen molar-refractivity contribution in [1.29, 1.82) is 0 Å². The highest BCUT2D eigenvalue weighted by atomic mass is 19.4. The lowest BCUT2D eigenvalue weighted by Crippen LogP contribution is -2.44. The topological polar surface area (TPSA) is 97.2 Å². The van der Waals surface area contributed by atoms with Gasteiger partial charge in [0.25, 0.3) is 5.91 Å². The maximum absolute atomic E-state index is 13.9. The number of benzene rings is 2. The largest absolute Gasteiger partial charge is 0.481 e. The van der Waals surface area contributed by atoms with Crippen LogP contribution in [-0.4, -0.2) is 59.2 Å². The second kappa shape index (κ2) is 10.5. The van der Waals surface area contributed by atoms with E-state index in [9.17, 15) is 18.0 Å². The molecule has 3 heterocycles. The second-order valence-electron chi connectivity index (χ2n) is 8.61. The summed E-state index contributed by atoms with van der Waals surface area (Å²) >= 11 is 0. The molecule has 0 saturated carbocycles. The Morgan fingerprint density at radius 2 is 1.76 bits per heavy atom. The number of aromatic nitrogens is 4. The van der Waals surface area contributed by atoms with Gasteiger partial charge in [-0.2, -0.15) is 13.2 Å². The number of halogens is 3. The van der Waals surface area contributed by atoms with Crippen molar-refractivity contribution in [3.05, 3.63) is 78.2 Å². The molecule has 1 saturated heterocycles. The number of ether oxygens (including phenoxy) is 1. The number of anilines is 2. The number of hydrogen-bond donors (Lipinski definition) is 2. The molecular weight excluding hydrogens is 499 g/mol. The maximum atomic E-state index is 13.9. The van der Waals surface area contributed by atoms with E-state index in [1.807, 2.05) is 18.2 Å². The van der Waals surface area contributed by atoms with Crippen LogP contribution in [0.5, 0.6) is 5.88 Å². The minimum absolute atomic E-state index is 0.0341. The van der Waals surface area contributed by atoms with Crippen LogP contribution in [0.3, 0.4) is 0 Å². The van der Waals surface area contributed by atoms with Crippen molar-refractivity contribution in [3.63, 3.8) is 0 Å². The van der Waals surface area contributed by atoms with Gasteiger partial charge in [-0.25, -0.2) is 9.67 Å². The Balaban J connectivity index is 1.31.